The summed E-state index contributed by atoms with van der Waals surface area (Å²) in [5, 5.41) is 0. The van der Waals surface area contributed by atoms with E-state index in [4.69, 9.17) is 10.5 Å². The molecular formula is C18H35NO2. The van der Waals surface area contributed by atoms with Crippen molar-refractivity contribution in [3.63, 3.8) is 0 Å². The monoisotopic (exact) mass is 297 g/mol. The standard InChI is InChI=1S/C18H35NO2/c1-6-10-13-17(5,19)18(14-11-7-2,15-12-8-3)21-16(20)9-4/h9H,4,6-8,10-15,19H2,1-3,5H3. The SMILES string of the molecule is C=CC(=O)OC(CCCC)(CCCC)C(C)(N)CCCC. The van der Waals surface area contributed by atoms with E-state index in [1.807, 2.05) is 6.92 Å². The van der Waals surface area contributed by atoms with Crippen LogP contribution in [0.5, 0.6) is 0 Å². The molecule has 3 nitrogen and oxygen atoms in total. The van der Waals surface area contributed by atoms with E-state index in [0.717, 1.165) is 57.8 Å². The van der Waals surface area contributed by atoms with Crippen LogP contribution in [-0.4, -0.2) is 17.1 Å². The number of esters is 1. The molecule has 1 unspecified atom stereocenters. The summed E-state index contributed by atoms with van der Waals surface area (Å²) in [4.78, 5) is 11.9. The van der Waals surface area contributed by atoms with Gasteiger partial charge in [-0.2, -0.15) is 0 Å². The number of carbonyl (C=O) groups is 1. The van der Waals surface area contributed by atoms with Gasteiger partial charge in [0.25, 0.3) is 0 Å². The molecule has 124 valence electrons. The Kier molecular flexibility index (Phi) is 9.60. The number of rotatable bonds is 12. The molecule has 0 aliphatic carbocycles. The van der Waals surface area contributed by atoms with Crippen LogP contribution in [0.3, 0.4) is 0 Å². The van der Waals surface area contributed by atoms with Crippen LogP contribution in [0.2, 0.25) is 0 Å². The lowest BCUT2D eigenvalue weighted by Crippen LogP contribution is -2.60. The summed E-state index contributed by atoms with van der Waals surface area (Å²) in [5.41, 5.74) is 5.59. The highest BCUT2D eigenvalue weighted by molar-refractivity contribution is 5.81. The van der Waals surface area contributed by atoms with Crippen molar-refractivity contribution >= 4 is 5.97 Å². The summed E-state index contributed by atoms with van der Waals surface area (Å²) in [5.74, 6) is -0.352. The zero-order valence-electron chi connectivity index (χ0n) is 14.5. The van der Waals surface area contributed by atoms with Crippen LogP contribution in [0.4, 0.5) is 0 Å². The number of nitrogens with two attached hydrogens (primary N) is 1. The Hall–Kier alpha value is -0.830. The van der Waals surface area contributed by atoms with Gasteiger partial charge in [0, 0.05) is 6.08 Å². The van der Waals surface area contributed by atoms with Crippen LogP contribution in [0.1, 0.15) is 85.5 Å². The number of carbonyl (C=O) groups excluding carboxylic acids is 1. The first-order valence-electron chi connectivity index (χ1n) is 8.53. The molecular weight excluding hydrogens is 262 g/mol. The molecule has 0 saturated heterocycles. The van der Waals surface area contributed by atoms with E-state index in [1.165, 1.54) is 6.08 Å². The van der Waals surface area contributed by atoms with E-state index < -0.39 is 11.1 Å². The molecule has 0 aliphatic rings. The van der Waals surface area contributed by atoms with Crippen LogP contribution in [0.15, 0.2) is 12.7 Å². The minimum absolute atomic E-state index is 0.352. The van der Waals surface area contributed by atoms with Gasteiger partial charge < -0.3 is 10.5 Å². The maximum Gasteiger partial charge on any atom is 0.330 e. The normalized spacial score (nSPS) is 14.5. The summed E-state index contributed by atoms with van der Waals surface area (Å²) < 4.78 is 5.87. The Balaban J connectivity index is 5.38. The van der Waals surface area contributed by atoms with Gasteiger partial charge in [0.2, 0.25) is 0 Å². The van der Waals surface area contributed by atoms with E-state index in [0.29, 0.717) is 0 Å². The molecule has 0 fully saturated rings. The van der Waals surface area contributed by atoms with Gasteiger partial charge in [-0.3, -0.25) is 0 Å². The lowest BCUT2D eigenvalue weighted by atomic mass is 9.72. The lowest BCUT2D eigenvalue weighted by molar-refractivity contribution is -0.165. The summed E-state index contributed by atoms with van der Waals surface area (Å²) in [6, 6.07) is 0. The summed E-state index contributed by atoms with van der Waals surface area (Å²) in [6.45, 7) is 12.0. The van der Waals surface area contributed by atoms with E-state index in [2.05, 4.69) is 27.4 Å². The fourth-order valence-corrected chi connectivity index (χ4v) is 2.85. The maximum atomic E-state index is 11.9. The quantitative estimate of drug-likeness (QED) is 0.418. The fraction of sp³-hybridized carbons (Fsp3) is 0.833. The average Bonchev–Trinajstić information content (AvgIpc) is 2.47. The molecule has 0 aliphatic heterocycles. The van der Waals surface area contributed by atoms with Crippen LogP contribution < -0.4 is 5.73 Å². The fourth-order valence-electron chi connectivity index (χ4n) is 2.85. The molecule has 0 rings (SSSR count). The van der Waals surface area contributed by atoms with Crippen LogP contribution in [0, 0.1) is 0 Å². The van der Waals surface area contributed by atoms with E-state index in [9.17, 15) is 4.79 Å². The van der Waals surface area contributed by atoms with Crippen LogP contribution in [-0.2, 0) is 9.53 Å². The smallest absolute Gasteiger partial charge is 0.330 e. The number of unbranched alkanes of at least 4 members (excludes halogenated alkanes) is 3. The van der Waals surface area contributed by atoms with Gasteiger partial charge in [0.05, 0.1) is 5.54 Å². The van der Waals surface area contributed by atoms with Crippen molar-refractivity contribution in [3.8, 4) is 0 Å². The minimum atomic E-state index is -0.570. The second kappa shape index (κ2) is 9.99. The van der Waals surface area contributed by atoms with Gasteiger partial charge in [-0.25, -0.2) is 4.79 Å². The van der Waals surface area contributed by atoms with Crippen LogP contribution in [0.25, 0.3) is 0 Å². The number of hydrogen-bond acceptors (Lipinski definition) is 3. The molecule has 0 radical (unpaired) electrons. The first-order chi connectivity index (χ1) is 9.89. The predicted molar refractivity (Wildman–Crippen MR) is 90.2 cm³/mol. The molecule has 0 aromatic rings. The molecule has 2 N–H and O–H groups in total. The largest absolute Gasteiger partial charge is 0.454 e. The number of hydrogen-bond donors (Lipinski definition) is 1. The first kappa shape index (κ1) is 20.2. The minimum Gasteiger partial charge on any atom is -0.454 e. The van der Waals surface area contributed by atoms with Crippen molar-refractivity contribution in [2.45, 2.75) is 96.6 Å². The van der Waals surface area contributed by atoms with Crippen molar-refractivity contribution in [1.29, 1.82) is 0 Å². The zero-order chi connectivity index (χ0) is 16.4. The van der Waals surface area contributed by atoms with E-state index in [-0.39, 0.29) is 5.97 Å². The number of ether oxygens (including phenoxy) is 1. The second-order valence-corrected chi connectivity index (χ2v) is 6.35. The van der Waals surface area contributed by atoms with Crippen LogP contribution >= 0.6 is 0 Å². The molecule has 0 spiro atoms. The molecule has 0 amide bonds. The van der Waals surface area contributed by atoms with E-state index in [1.54, 1.807) is 0 Å². The summed E-state index contributed by atoms with van der Waals surface area (Å²) in [7, 11) is 0. The van der Waals surface area contributed by atoms with Gasteiger partial charge >= 0.3 is 5.97 Å². The van der Waals surface area contributed by atoms with Gasteiger partial charge in [0.1, 0.15) is 5.60 Å². The summed E-state index contributed by atoms with van der Waals surface area (Å²) in [6.07, 6.45) is 10.1. The Bertz CT molecular complexity index is 302. The molecule has 3 heteroatoms. The molecule has 1 atom stereocenters. The predicted octanol–water partition coefficient (Wildman–Crippen LogP) is 4.74. The highest BCUT2D eigenvalue weighted by Crippen LogP contribution is 2.38. The molecule has 0 bridgehead atoms. The van der Waals surface area contributed by atoms with Gasteiger partial charge in [0.15, 0.2) is 0 Å². The molecule has 0 aromatic heterocycles. The molecule has 0 aromatic carbocycles. The Morgan fingerprint density at radius 2 is 1.48 bits per heavy atom. The Morgan fingerprint density at radius 1 is 1.05 bits per heavy atom. The summed E-state index contributed by atoms with van der Waals surface area (Å²) >= 11 is 0. The third kappa shape index (κ3) is 6.21. The van der Waals surface area contributed by atoms with E-state index >= 15 is 0 Å². The van der Waals surface area contributed by atoms with Gasteiger partial charge in [-0.1, -0.05) is 53.0 Å². The highest BCUT2D eigenvalue weighted by atomic mass is 16.6. The zero-order valence-corrected chi connectivity index (χ0v) is 14.5. The van der Waals surface area contributed by atoms with Crippen molar-refractivity contribution in [2.24, 2.45) is 5.73 Å². The van der Waals surface area contributed by atoms with Gasteiger partial charge in [-0.15, -0.1) is 0 Å². The topological polar surface area (TPSA) is 52.3 Å². The van der Waals surface area contributed by atoms with Crippen molar-refractivity contribution < 1.29 is 9.53 Å². The molecule has 21 heavy (non-hydrogen) atoms. The van der Waals surface area contributed by atoms with Crippen molar-refractivity contribution in [1.82, 2.24) is 0 Å². The lowest BCUT2D eigenvalue weighted by Gasteiger charge is -2.46. The van der Waals surface area contributed by atoms with Gasteiger partial charge in [-0.05, 0) is 39.0 Å². The Morgan fingerprint density at radius 3 is 1.86 bits per heavy atom. The first-order valence-corrected chi connectivity index (χ1v) is 8.53. The second-order valence-electron chi connectivity index (χ2n) is 6.35. The molecule has 0 saturated carbocycles. The third-order valence-electron chi connectivity index (χ3n) is 4.42. The highest BCUT2D eigenvalue weighted by Gasteiger charge is 2.47. The van der Waals surface area contributed by atoms with Crippen molar-refractivity contribution in [3.05, 3.63) is 12.7 Å². The Labute approximate surface area is 131 Å². The molecule has 0 heterocycles. The maximum absolute atomic E-state index is 11.9. The third-order valence-corrected chi connectivity index (χ3v) is 4.42. The van der Waals surface area contributed by atoms with Crippen molar-refractivity contribution in [2.75, 3.05) is 0 Å². The average molecular weight is 297 g/mol.